The van der Waals surface area contributed by atoms with E-state index < -0.39 is 0 Å². The predicted molar refractivity (Wildman–Crippen MR) is 56.4 cm³/mol. The Kier molecular flexibility index (Phi) is 3.84. The van der Waals surface area contributed by atoms with Crippen LogP contribution >= 0.6 is 11.6 Å². The van der Waals surface area contributed by atoms with Gasteiger partial charge in [-0.05, 0) is 31.6 Å². The summed E-state index contributed by atoms with van der Waals surface area (Å²) in [5.41, 5.74) is 3.87. The van der Waals surface area contributed by atoms with Crippen LogP contribution in [0, 0.1) is 13.8 Å². The van der Waals surface area contributed by atoms with E-state index in [0.29, 0.717) is 6.61 Å². The summed E-state index contributed by atoms with van der Waals surface area (Å²) in [5, 5.41) is 0. The lowest BCUT2D eigenvalue weighted by atomic mass is 10.1. The van der Waals surface area contributed by atoms with Gasteiger partial charge in [0.05, 0.1) is 0 Å². The average molecular weight is 197 g/mol. The number of benzene rings is 1. The molecule has 0 atom stereocenters. The zero-order chi connectivity index (χ0) is 9.68. The number of halogens is 1. The Morgan fingerprint density at radius 1 is 1.38 bits per heavy atom. The van der Waals surface area contributed by atoms with Crippen molar-refractivity contribution in [2.24, 2.45) is 0 Å². The molecule has 0 aliphatic rings. The van der Waals surface area contributed by atoms with Crippen LogP contribution in [0.3, 0.4) is 0 Å². The largest absolute Gasteiger partial charge is 0.489 e. The highest BCUT2D eigenvalue weighted by Gasteiger charge is 1.97. The standard InChI is InChI=1S/C11H13ClO/c1-9-4-5-11(10(2)8-9)13-7-3-6-12/h3-6,8H,7H2,1-2H3/b6-3+. The Labute approximate surface area is 84.0 Å². The number of ether oxygens (including phenoxy) is 1. The molecule has 0 saturated heterocycles. The van der Waals surface area contributed by atoms with Crippen molar-refractivity contribution in [2.75, 3.05) is 6.61 Å². The van der Waals surface area contributed by atoms with Gasteiger partial charge in [-0.15, -0.1) is 0 Å². The summed E-state index contributed by atoms with van der Waals surface area (Å²) in [7, 11) is 0. The minimum absolute atomic E-state index is 0.521. The normalized spacial score (nSPS) is 10.7. The third-order valence-electron chi connectivity index (χ3n) is 1.75. The lowest BCUT2D eigenvalue weighted by Gasteiger charge is -2.06. The summed E-state index contributed by atoms with van der Waals surface area (Å²) in [6.45, 7) is 4.62. The fourth-order valence-corrected chi connectivity index (χ4v) is 1.21. The number of hydrogen-bond donors (Lipinski definition) is 0. The Balaban J connectivity index is 2.66. The van der Waals surface area contributed by atoms with Gasteiger partial charge in [0.15, 0.2) is 0 Å². The molecule has 0 aliphatic carbocycles. The lowest BCUT2D eigenvalue weighted by Crippen LogP contribution is -1.95. The molecule has 13 heavy (non-hydrogen) atoms. The van der Waals surface area contributed by atoms with Gasteiger partial charge in [-0.2, -0.15) is 0 Å². The van der Waals surface area contributed by atoms with Crippen LogP contribution in [-0.4, -0.2) is 6.61 Å². The number of rotatable bonds is 3. The second-order valence-corrected chi connectivity index (χ2v) is 3.19. The molecule has 0 aromatic heterocycles. The second-order valence-electron chi connectivity index (χ2n) is 2.94. The molecule has 0 amide bonds. The highest BCUT2D eigenvalue weighted by atomic mass is 35.5. The summed E-state index contributed by atoms with van der Waals surface area (Å²) in [5.74, 6) is 0.917. The smallest absolute Gasteiger partial charge is 0.122 e. The van der Waals surface area contributed by atoms with Crippen molar-refractivity contribution >= 4 is 11.6 Å². The van der Waals surface area contributed by atoms with Crippen molar-refractivity contribution in [1.29, 1.82) is 0 Å². The molecule has 1 nitrogen and oxygen atoms in total. The van der Waals surface area contributed by atoms with E-state index in [2.05, 4.69) is 13.0 Å². The quantitative estimate of drug-likeness (QED) is 0.720. The molecular formula is C11H13ClO. The highest BCUT2D eigenvalue weighted by Crippen LogP contribution is 2.18. The second kappa shape index (κ2) is 4.93. The first kappa shape index (κ1) is 10.1. The van der Waals surface area contributed by atoms with Crippen molar-refractivity contribution in [3.8, 4) is 5.75 Å². The van der Waals surface area contributed by atoms with Gasteiger partial charge in [0.2, 0.25) is 0 Å². The molecule has 0 bridgehead atoms. The Morgan fingerprint density at radius 3 is 2.77 bits per heavy atom. The van der Waals surface area contributed by atoms with Crippen LogP contribution in [0.4, 0.5) is 0 Å². The zero-order valence-electron chi connectivity index (χ0n) is 7.88. The average Bonchev–Trinajstić information content (AvgIpc) is 2.09. The minimum atomic E-state index is 0.521. The van der Waals surface area contributed by atoms with Gasteiger partial charge < -0.3 is 4.74 Å². The van der Waals surface area contributed by atoms with E-state index >= 15 is 0 Å². The topological polar surface area (TPSA) is 9.23 Å². The SMILES string of the molecule is Cc1ccc(OC/C=C/Cl)c(C)c1. The van der Waals surface area contributed by atoms with Gasteiger partial charge in [0.25, 0.3) is 0 Å². The van der Waals surface area contributed by atoms with Gasteiger partial charge in [0.1, 0.15) is 12.4 Å². The third kappa shape index (κ3) is 3.11. The molecule has 0 aliphatic heterocycles. The molecule has 0 spiro atoms. The molecule has 2 heteroatoms. The van der Waals surface area contributed by atoms with Crippen LogP contribution in [0.15, 0.2) is 29.8 Å². The summed E-state index contributed by atoms with van der Waals surface area (Å²) in [6, 6.07) is 6.11. The highest BCUT2D eigenvalue weighted by molar-refractivity contribution is 6.25. The first-order chi connectivity index (χ1) is 6.24. The molecule has 0 radical (unpaired) electrons. The van der Waals surface area contributed by atoms with Crippen LogP contribution in [0.25, 0.3) is 0 Å². The van der Waals surface area contributed by atoms with Gasteiger partial charge in [-0.1, -0.05) is 29.3 Å². The summed E-state index contributed by atoms with van der Waals surface area (Å²) in [4.78, 5) is 0. The predicted octanol–water partition coefficient (Wildman–Crippen LogP) is 3.43. The molecule has 0 heterocycles. The molecule has 0 N–H and O–H groups in total. The van der Waals surface area contributed by atoms with Gasteiger partial charge >= 0.3 is 0 Å². The van der Waals surface area contributed by atoms with Crippen molar-refractivity contribution < 1.29 is 4.74 Å². The van der Waals surface area contributed by atoms with Crippen molar-refractivity contribution in [2.45, 2.75) is 13.8 Å². The van der Waals surface area contributed by atoms with E-state index in [1.807, 2.05) is 19.1 Å². The molecular weight excluding hydrogens is 184 g/mol. The molecule has 1 aromatic rings. The fourth-order valence-electron chi connectivity index (χ4n) is 1.14. The first-order valence-corrected chi connectivity index (χ1v) is 4.63. The van der Waals surface area contributed by atoms with Crippen LogP contribution in [0.5, 0.6) is 5.75 Å². The van der Waals surface area contributed by atoms with E-state index in [0.717, 1.165) is 11.3 Å². The van der Waals surface area contributed by atoms with Crippen LogP contribution < -0.4 is 4.74 Å². The molecule has 1 rings (SSSR count). The molecule has 0 saturated carbocycles. The molecule has 0 fully saturated rings. The summed E-state index contributed by atoms with van der Waals surface area (Å²) >= 11 is 5.37. The lowest BCUT2D eigenvalue weighted by molar-refractivity contribution is 0.360. The van der Waals surface area contributed by atoms with E-state index in [-0.39, 0.29) is 0 Å². The third-order valence-corrected chi connectivity index (χ3v) is 1.93. The minimum Gasteiger partial charge on any atom is -0.489 e. The van der Waals surface area contributed by atoms with Crippen LogP contribution in [-0.2, 0) is 0 Å². The van der Waals surface area contributed by atoms with Crippen LogP contribution in [0.2, 0.25) is 0 Å². The van der Waals surface area contributed by atoms with Gasteiger partial charge in [0, 0.05) is 5.54 Å². The first-order valence-electron chi connectivity index (χ1n) is 4.19. The number of aryl methyl sites for hydroxylation is 2. The van der Waals surface area contributed by atoms with Crippen molar-refractivity contribution in [3.63, 3.8) is 0 Å². The summed E-state index contributed by atoms with van der Waals surface area (Å²) < 4.78 is 5.46. The zero-order valence-corrected chi connectivity index (χ0v) is 8.64. The maximum atomic E-state index is 5.46. The molecule has 70 valence electrons. The van der Waals surface area contributed by atoms with Crippen LogP contribution in [0.1, 0.15) is 11.1 Å². The Morgan fingerprint density at radius 2 is 2.15 bits per heavy atom. The molecule has 1 aromatic carbocycles. The Bertz CT molecular complexity index is 305. The monoisotopic (exact) mass is 196 g/mol. The van der Waals surface area contributed by atoms with E-state index in [1.54, 1.807) is 6.08 Å². The molecule has 0 unspecified atom stereocenters. The number of hydrogen-bond acceptors (Lipinski definition) is 1. The maximum Gasteiger partial charge on any atom is 0.122 e. The maximum absolute atomic E-state index is 5.46. The Hall–Kier alpha value is -0.950. The van der Waals surface area contributed by atoms with Gasteiger partial charge in [-0.3, -0.25) is 0 Å². The van der Waals surface area contributed by atoms with E-state index in [9.17, 15) is 0 Å². The fraction of sp³-hybridized carbons (Fsp3) is 0.273. The van der Waals surface area contributed by atoms with Crippen molar-refractivity contribution in [1.82, 2.24) is 0 Å². The summed E-state index contributed by atoms with van der Waals surface area (Å²) in [6.07, 6.45) is 1.76. The van der Waals surface area contributed by atoms with Gasteiger partial charge in [-0.25, -0.2) is 0 Å². The van der Waals surface area contributed by atoms with Crippen molar-refractivity contribution in [3.05, 3.63) is 40.9 Å². The van der Waals surface area contributed by atoms with E-state index in [4.69, 9.17) is 16.3 Å². The van der Waals surface area contributed by atoms with E-state index in [1.165, 1.54) is 11.1 Å².